The Kier molecular flexibility index (Phi) is 5.36. The number of halogens is 1. The van der Waals surface area contributed by atoms with E-state index in [9.17, 15) is 4.79 Å². The molecular formula is C20H17ClN6O3. The van der Waals surface area contributed by atoms with Crippen LogP contribution in [0.15, 0.2) is 54.9 Å². The fourth-order valence-corrected chi connectivity index (χ4v) is 3.04. The van der Waals surface area contributed by atoms with Crippen molar-refractivity contribution in [2.75, 3.05) is 19.5 Å². The molecule has 0 aliphatic carbocycles. The number of nitrogens with one attached hydrogen (secondary N) is 2. The van der Waals surface area contributed by atoms with Crippen molar-refractivity contribution in [3.63, 3.8) is 0 Å². The molecule has 2 aromatic heterocycles. The highest BCUT2D eigenvalue weighted by Crippen LogP contribution is 2.31. The van der Waals surface area contributed by atoms with Crippen LogP contribution in [0.3, 0.4) is 0 Å². The van der Waals surface area contributed by atoms with E-state index in [1.165, 1.54) is 10.9 Å². The lowest BCUT2D eigenvalue weighted by atomic mass is 10.2. The number of aromatic amines is 1. The number of ether oxygens (including phenoxy) is 2. The number of aromatic nitrogens is 5. The third kappa shape index (κ3) is 3.83. The first-order valence-electron chi connectivity index (χ1n) is 8.85. The first kappa shape index (κ1) is 19.5. The molecule has 0 atom stereocenters. The molecule has 1 amide bonds. The van der Waals surface area contributed by atoms with Gasteiger partial charge >= 0.3 is 0 Å². The smallest absolute Gasteiger partial charge is 0.261 e. The van der Waals surface area contributed by atoms with Gasteiger partial charge in [0.2, 0.25) is 5.95 Å². The zero-order valence-electron chi connectivity index (χ0n) is 16.1. The summed E-state index contributed by atoms with van der Waals surface area (Å²) in [6.45, 7) is 0. The summed E-state index contributed by atoms with van der Waals surface area (Å²) in [4.78, 5) is 16.9. The van der Waals surface area contributed by atoms with E-state index < -0.39 is 5.91 Å². The summed E-state index contributed by atoms with van der Waals surface area (Å²) >= 11 is 6.18. The van der Waals surface area contributed by atoms with Gasteiger partial charge in [-0.3, -0.25) is 15.2 Å². The van der Waals surface area contributed by atoms with Crippen molar-refractivity contribution in [2.24, 2.45) is 0 Å². The van der Waals surface area contributed by atoms with E-state index in [1.807, 2.05) is 12.1 Å². The molecular weight excluding hydrogens is 408 g/mol. The number of para-hydroxylation sites is 1. The molecule has 0 spiro atoms. The molecule has 0 unspecified atom stereocenters. The average Bonchev–Trinajstić information content (AvgIpc) is 3.43. The number of benzene rings is 2. The second-order valence-corrected chi connectivity index (χ2v) is 6.56. The van der Waals surface area contributed by atoms with Crippen LogP contribution in [0.25, 0.3) is 17.1 Å². The highest BCUT2D eigenvalue weighted by Gasteiger charge is 2.16. The number of amides is 1. The van der Waals surface area contributed by atoms with Crippen LogP contribution < -0.4 is 14.8 Å². The van der Waals surface area contributed by atoms with Gasteiger partial charge in [0.05, 0.1) is 42.3 Å². The Morgan fingerprint density at radius 3 is 2.77 bits per heavy atom. The number of hydrogen-bond donors (Lipinski definition) is 2. The summed E-state index contributed by atoms with van der Waals surface area (Å²) < 4.78 is 12.1. The van der Waals surface area contributed by atoms with Gasteiger partial charge in [-0.15, -0.1) is 5.10 Å². The minimum atomic E-state index is -0.402. The van der Waals surface area contributed by atoms with Crippen molar-refractivity contribution in [3.05, 3.63) is 65.4 Å². The summed E-state index contributed by atoms with van der Waals surface area (Å²) in [7, 11) is 3.12. The van der Waals surface area contributed by atoms with E-state index in [4.69, 9.17) is 21.1 Å². The van der Waals surface area contributed by atoms with Crippen LogP contribution in [-0.2, 0) is 0 Å². The molecule has 0 fully saturated rings. The highest BCUT2D eigenvalue weighted by molar-refractivity contribution is 6.32. The van der Waals surface area contributed by atoms with E-state index in [0.29, 0.717) is 39.2 Å². The lowest BCUT2D eigenvalue weighted by molar-refractivity contribution is 0.102. The van der Waals surface area contributed by atoms with Gasteiger partial charge in [-0.2, -0.15) is 10.1 Å². The van der Waals surface area contributed by atoms with Gasteiger partial charge < -0.3 is 9.47 Å². The molecule has 9 nitrogen and oxygen atoms in total. The lowest BCUT2D eigenvalue weighted by Gasteiger charge is -2.07. The molecule has 0 aliphatic rings. The molecule has 10 heteroatoms. The Balaban J connectivity index is 1.52. The fraction of sp³-hybridized carbons (Fsp3) is 0.100. The zero-order valence-corrected chi connectivity index (χ0v) is 16.8. The Morgan fingerprint density at radius 1 is 1.17 bits per heavy atom. The molecule has 30 heavy (non-hydrogen) atoms. The van der Waals surface area contributed by atoms with E-state index in [2.05, 4.69) is 25.6 Å². The number of H-pyrrole nitrogens is 1. The van der Waals surface area contributed by atoms with Gasteiger partial charge in [0.15, 0.2) is 5.82 Å². The summed E-state index contributed by atoms with van der Waals surface area (Å²) in [5.41, 5.74) is 1.69. The average molecular weight is 425 g/mol. The standard InChI is InChI=1S/C20H17ClN6O3/c1-29-13-7-8-14(17(9-13)30-2)18-23-20(26-25-18)24-19(28)12-10-22-27(11-12)16-6-4-3-5-15(16)21/h3-11H,1-2H3,(H2,23,24,25,26,28). The minimum Gasteiger partial charge on any atom is -0.497 e. The largest absolute Gasteiger partial charge is 0.497 e. The van der Waals surface area contributed by atoms with Crippen LogP contribution in [0, 0.1) is 0 Å². The van der Waals surface area contributed by atoms with Crippen molar-refractivity contribution in [2.45, 2.75) is 0 Å². The van der Waals surface area contributed by atoms with E-state index in [1.54, 1.807) is 50.7 Å². The number of hydrogen-bond acceptors (Lipinski definition) is 6. The van der Waals surface area contributed by atoms with E-state index >= 15 is 0 Å². The van der Waals surface area contributed by atoms with Crippen LogP contribution in [0.1, 0.15) is 10.4 Å². The van der Waals surface area contributed by atoms with Gasteiger partial charge in [-0.25, -0.2) is 4.68 Å². The van der Waals surface area contributed by atoms with Crippen LogP contribution >= 0.6 is 11.6 Å². The van der Waals surface area contributed by atoms with Gasteiger partial charge in [0.25, 0.3) is 5.91 Å². The van der Waals surface area contributed by atoms with Crippen molar-refractivity contribution >= 4 is 23.5 Å². The number of carbonyl (C=O) groups excluding carboxylic acids is 1. The molecule has 0 radical (unpaired) electrons. The number of methoxy groups -OCH3 is 2. The molecule has 0 bridgehead atoms. The molecule has 2 N–H and O–H groups in total. The second kappa shape index (κ2) is 8.26. The topological polar surface area (TPSA) is 107 Å². The summed E-state index contributed by atoms with van der Waals surface area (Å²) in [6, 6.07) is 12.5. The van der Waals surface area contributed by atoms with Crippen molar-refractivity contribution < 1.29 is 14.3 Å². The third-order valence-corrected chi connectivity index (χ3v) is 4.64. The summed E-state index contributed by atoms with van der Waals surface area (Å²) in [5.74, 6) is 1.37. The number of rotatable bonds is 6. The normalized spacial score (nSPS) is 10.6. The molecule has 2 aromatic carbocycles. The quantitative estimate of drug-likeness (QED) is 0.490. The second-order valence-electron chi connectivity index (χ2n) is 6.15. The van der Waals surface area contributed by atoms with Crippen LogP contribution in [0.2, 0.25) is 5.02 Å². The van der Waals surface area contributed by atoms with Crippen LogP contribution in [-0.4, -0.2) is 45.1 Å². The maximum absolute atomic E-state index is 12.6. The minimum absolute atomic E-state index is 0.123. The van der Waals surface area contributed by atoms with Gasteiger partial charge in [-0.05, 0) is 24.3 Å². The number of anilines is 1. The fourth-order valence-electron chi connectivity index (χ4n) is 2.82. The van der Waals surface area contributed by atoms with E-state index in [-0.39, 0.29) is 5.95 Å². The monoisotopic (exact) mass is 424 g/mol. The molecule has 0 saturated carbocycles. The Bertz CT molecular complexity index is 1200. The molecule has 2 heterocycles. The molecule has 152 valence electrons. The zero-order chi connectivity index (χ0) is 21.1. The maximum Gasteiger partial charge on any atom is 0.261 e. The van der Waals surface area contributed by atoms with Gasteiger partial charge in [-0.1, -0.05) is 23.7 Å². The highest BCUT2D eigenvalue weighted by atomic mass is 35.5. The number of carbonyl (C=O) groups is 1. The van der Waals surface area contributed by atoms with Gasteiger partial charge in [0, 0.05) is 12.3 Å². The van der Waals surface area contributed by atoms with Crippen molar-refractivity contribution in [1.29, 1.82) is 0 Å². The first-order chi connectivity index (χ1) is 14.6. The third-order valence-electron chi connectivity index (χ3n) is 4.32. The van der Waals surface area contributed by atoms with Crippen molar-refractivity contribution in [1.82, 2.24) is 25.0 Å². The molecule has 0 aliphatic heterocycles. The Labute approximate surface area is 176 Å². The predicted octanol–water partition coefficient (Wildman–Crippen LogP) is 3.58. The molecule has 0 saturated heterocycles. The van der Waals surface area contributed by atoms with Crippen LogP contribution in [0.5, 0.6) is 11.5 Å². The lowest BCUT2D eigenvalue weighted by Crippen LogP contribution is -2.12. The Morgan fingerprint density at radius 2 is 2.00 bits per heavy atom. The first-order valence-corrected chi connectivity index (χ1v) is 9.22. The summed E-state index contributed by atoms with van der Waals surface area (Å²) in [5, 5.41) is 14.2. The maximum atomic E-state index is 12.6. The number of nitrogens with zero attached hydrogens (tertiary/aromatic N) is 4. The predicted molar refractivity (Wildman–Crippen MR) is 111 cm³/mol. The SMILES string of the molecule is COc1ccc(-c2nc(NC(=O)c3cnn(-c4ccccc4Cl)c3)n[nH]2)c(OC)c1. The van der Waals surface area contributed by atoms with E-state index in [0.717, 1.165) is 0 Å². The molecule has 4 rings (SSSR count). The van der Waals surface area contributed by atoms with Crippen LogP contribution in [0.4, 0.5) is 5.95 Å². The Hall–Kier alpha value is -3.85. The van der Waals surface area contributed by atoms with Gasteiger partial charge in [0.1, 0.15) is 11.5 Å². The van der Waals surface area contributed by atoms with Crippen molar-refractivity contribution in [3.8, 4) is 28.6 Å². The summed E-state index contributed by atoms with van der Waals surface area (Å²) in [6.07, 6.45) is 3.02. The molecule has 4 aromatic rings.